The van der Waals surface area contributed by atoms with Crippen molar-refractivity contribution in [2.45, 2.75) is 76.1 Å². The zero-order valence-corrected chi connectivity index (χ0v) is 11.6. The van der Waals surface area contributed by atoms with E-state index in [1.165, 1.54) is 45.1 Å². The van der Waals surface area contributed by atoms with Gasteiger partial charge in [0.05, 0.1) is 6.10 Å². The summed E-state index contributed by atoms with van der Waals surface area (Å²) >= 11 is 0. The summed E-state index contributed by atoms with van der Waals surface area (Å²) in [5, 5.41) is 14.0. The van der Waals surface area contributed by atoms with Crippen molar-refractivity contribution in [3.63, 3.8) is 0 Å². The molecule has 3 fully saturated rings. The lowest BCUT2D eigenvalue weighted by atomic mass is 9.84. The number of aliphatic hydroxyl groups excluding tert-OH is 1. The fourth-order valence-corrected chi connectivity index (χ4v) is 3.54. The minimum atomic E-state index is -0.101. The highest BCUT2D eigenvalue weighted by molar-refractivity contribution is 4.94. The van der Waals surface area contributed by atoms with Crippen LogP contribution in [0.1, 0.15) is 51.9 Å². The molecule has 0 aromatic rings. The van der Waals surface area contributed by atoms with E-state index in [0.29, 0.717) is 12.0 Å². The number of aliphatic hydroxyl groups is 1. The fourth-order valence-electron chi connectivity index (χ4n) is 3.54. The van der Waals surface area contributed by atoms with Gasteiger partial charge in [-0.3, -0.25) is 4.90 Å². The summed E-state index contributed by atoms with van der Waals surface area (Å²) < 4.78 is 0. The first-order valence-corrected chi connectivity index (χ1v) is 7.94. The van der Waals surface area contributed by atoms with Crippen molar-refractivity contribution in [1.29, 1.82) is 0 Å². The van der Waals surface area contributed by atoms with Gasteiger partial charge in [-0.15, -0.1) is 0 Å². The molecule has 2 saturated carbocycles. The molecule has 3 aliphatic rings. The van der Waals surface area contributed by atoms with E-state index in [0.717, 1.165) is 25.0 Å². The molecule has 1 aliphatic heterocycles. The van der Waals surface area contributed by atoms with Gasteiger partial charge in [-0.2, -0.15) is 0 Å². The number of nitrogens with one attached hydrogen (secondary N) is 1. The minimum absolute atomic E-state index is 0.101. The second kappa shape index (κ2) is 5.48. The van der Waals surface area contributed by atoms with E-state index in [1.54, 1.807) is 0 Å². The first-order chi connectivity index (χ1) is 8.76. The molecule has 0 bridgehead atoms. The topological polar surface area (TPSA) is 35.5 Å². The maximum Gasteiger partial charge on any atom is 0.0578 e. The molecule has 3 rings (SSSR count). The first-order valence-electron chi connectivity index (χ1n) is 7.94. The maximum atomic E-state index is 10.2. The summed E-state index contributed by atoms with van der Waals surface area (Å²) in [4.78, 5) is 2.66. The SMILES string of the molecule is CCC(O)C1CC(NC2CC2)CN(C2CCC2)C1. The predicted molar refractivity (Wildman–Crippen MR) is 73.6 cm³/mol. The predicted octanol–water partition coefficient (Wildman–Crippen LogP) is 1.75. The number of hydrogen-bond acceptors (Lipinski definition) is 3. The van der Waals surface area contributed by atoms with Crippen molar-refractivity contribution in [2.24, 2.45) is 5.92 Å². The zero-order chi connectivity index (χ0) is 12.5. The summed E-state index contributed by atoms with van der Waals surface area (Å²) in [6, 6.07) is 2.23. The Morgan fingerprint density at radius 2 is 1.94 bits per heavy atom. The maximum absolute atomic E-state index is 10.2. The van der Waals surface area contributed by atoms with Crippen LogP contribution in [0.5, 0.6) is 0 Å². The van der Waals surface area contributed by atoms with E-state index in [1.807, 2.05) is 0 Å². The van der Waals surface area contributed by atoms with Crippen molar-refractivity contribution in [3.05, 3.63) is 0 Å². The molecule has 0 spiro atoms. The van der Waals surface area contributed by atoms with Gasteiger partial charge in [-0.25, -0.2) is 0 Å². The van der Waals surface area contributed by atoms with Crippen LogP contribution in [-0.4, -0.2) is 47.3 Å². The van der Waals surface area contributed by atoms with Gasteiger partial charge in [0, 0.05) is 31.2 Å². The van der Waals surface area contributed by atoms with E-state index in [4.69, 9.17) is 0 Å². The van der Waals surface area contributed by atoms with Crippen molar-refractivity contribution in [3.8, 4) is 0 Å². The highest BCUT2D eigenvalue weighted by Crippen LogP contribution is 2.32. The number of piperidine rings is 1. The molecule has 2 N–H and O–H groups in total. The molecular weight excluding hydrogens is 224 g/mol. The van der Waals surface area contributed by atoms with Crippen LogP contribution in [0.4, 0.5) is 0 Å². The number of nitrogens with zero attached hydrogens (tertiary/aromatic N) is 1. The third-order valence-electron chi connectivity index (χ3n) is 5.11. The Morgan fingerprint density at radius 1 is 1.17 bits per heavy atom. The Bertz CT molecular complexity index is 263. The molecule has 104 valence electrons. The monoisotopic (exact) mass is 252 g/mol. The zero-order valence-electron chi connectivity index (χ0n) is 11.6. The molecule has 0 radical (unpaired) electrons. The second-order valence-electron chi connectivity index (χ2n) is 6.65. The molecule has 1 heterocycles. The van der Waals surface area contributed by atoms with E-state index in [9.17, 15) is 5.11 Å². The molecule has 0 aromatic carbocycles. The van der Waals surface area contributed by atoms with Gasteiger partial charge in [0.1, 0.15) is 0 Å². The summed E-state index contributed by atoms with van der Waals surface area (Å²) in [6.45, 7) is 4.45. The first kappa shape index (κ1) is 12.9. The standard InChI is InChI=1S/C15H28N2O/c1-2-15(18)11-8-13(16-12-6-7-12)10-17(9-11)14-4-3-5-14/h11-16,18H,2-10H2,1H3. The van der Waals surface area contributed by atoms with Gasteiger partial charge in [-0.05, 0) is 44.4 Å². The van der Waals surface area contributed by atoms with Crippen LogP contribution in [0.15, 0.2) is 0 Å². The molecule has 3 atom stereocenters. The lowest BCUT2D eigenvalue weighted by Gasteiger charge is -2.46. The normalized spacial score (nSPS) is 36.3. The number of rotatable bonds is 5. The quantitative estimate of drug-likeness (QED) is 0.782. The van der Waals surface area contributed by atoms with Crippen molar-refractivity contribution >= 4 is 0 Å². The van der Waals surface area contributed by atoms with Gasteiger partial charge in [-0.1, -0.05) is 13.3 Å². The highest BCUT2D eigenvalue weighted by Gasteiger charge is 2.37. The Morgan fingerprint density at radius 3 is 2.50 bits per heavy atom. The molecule has 1 saturated heterocycles. The highest BCUT2D eigenvalue weighted by atomic mass is 16.3. The number of likely N-dealkylation sites (tertiary alicyclic amines) is 1. The average Bonchev–Trinajstić information content (AvgIpc) is 3.09. The lowest BCUT2D eigenvalue weighted by molar-refractivity contribution is 0.00248. The van der Waals surface area contributed by atoms with Gasteiger partial charge in [0.15, 0.2) is 0 Å². The average molecular weight is 252 g/mol. The summed E-state index contributed by atoms with van der Waals surface area (Å²) in [6.07, 6.45) is 8.87. The van der Waals surface area contributed by atoms with Crippen LogP contribution in [-0.2, 0) is 0 Å². The van der Waals surface area contributed by atoms with E-state index in [-0.39, 0.29) is 6.10 Å². The van der Waals surface area contributed by atoms with Crippen LogP contribution in [0.25, 0.3) is 0 Å². The molecule has 0 aromatic heterocycles. The fraction of sp³-hybridized carbons (Fsp3) is 1.00. The van der Waals surface area contributed by atoms with E-state index >= 15 is 0 Å². The van der Waals surface area contributed by atoms with E-state index < -0.39 is 0 Å². The molecule has 3 heteroatoms. The molecule has 3 nitrogen and oxygen atoms in total. The lowest BCUT2D eigenvalue weighted by Crippen LogP contribution is -2.56. The van der Waals surface area contributed by atoms with Gasteiger partial charge < -0.3 is 10.4 Å². The molecule has 0 amide bonds. The minimum Gasteiger partial charge on any atom is -0.393 e. The van der Waals surface area contributed by atoms with Gasteiger partial charge in [0.25, 0.3) is 0 Å². The van der Waals surface area contributed by atoms with Crippen molar-refractivity contribution < 1.29 is 5.11 Å². The number of hydrogen-bond donors (Lipinski definition) is 2. The largest absolute Gasteiger partial charge is 0.393 e. The Balaban J connectivity index is 1.60. The van der Waals surface area contributed by atoms with Crippen LogP contribution < -0.4 is 5.32 Å². The van der Waals surface area contributed by atoms with Crippen LogP contribution in [0.3, 0.4) is 0 Å². The molecule has 3 unspecified atom stereocenters. The summed E-state index contributed by atoms with van der Waals surface area (Å²) in [7, 11) is 0. The van der Waals surface area contributed by atoms with Crippen LogP contribution >= 0.6 is 0 Å². The summed E-state index contributed by atoms with van der Waals surface area (Å²) in [5.41, 5.74) is 0. The Hall–Kier alpha value is -0.120. The molecular formula is C15H28N2O. The Labute approximate surface area is 111 Å². The van der Waals surface area contributed by atoms with Gasteiger partial charge >= 0.3 is 0 Å². The van der Waals surface area contributed by atoms with Crippen molar-refractivity contribution in [1.82, 2.24) is 10.2 Å². The van der Waals surface area contributed by atoms with Gasteiger partial charge in [0.2, 0.25) is 0 Å². The van der Waals surface area contributed by atoms with E-state index in [2.05, 4.69) is 17.1 Å². The molecule has 2 aliphatic carbocycles. The Kier molecular flexibility index (Phi) is 3.92. The third kappa shape index (κ3) is 2.89. The van der Waals surface area contributed by atoms with Crippen LogP contribution in [0, 0.1) is 5.92 Å². The van der Waals surface area contributed by atoms with Crippen LogP contribution in [0.2, 0.25) is 0 Å². The van der Waals surface area contributed by atoms with Crippen molar-refractivity contribution in [2.75, 3.05) is 13.1 Å². The second-order valence-corrected chi connectivity index (χ2v) is 6.65. The smallest absolute Gasteiger partial charge is 0.0578 e. The summed E-state index contributed by atoms with van der Waals surface area (Å²) in [5.74, 6) is 0.487. The third-order valence-corrected chi connectivity index (χ3v) is 5.11. The molecule has 18 heavy (non-hydrogen) atoms.